The molecule has 110 valence electrons. The van der Waals surface area contributed by atoms with E-state index in [0.29, 0.717) is 17.0 Å². The van der Waals surface area contributed by atoms with E-state index in [1.807, 2.05) is 19.2 Å². The maximum atomic E-state index is 12.2. The molecule has 6 heteroatoms. The summed E-state index contributed by atoms with van der Waals surface area (Å²) in [4.78, 5) is 24.3. The van der Waals surface area contributed by atoms with Crippen LogP contribution in [0, 0.1) is 5.92 Å². The molecular formula is C14H18ClNO3S. The fraction of sp³-hybridized carbons (Fsp3) is 0.429. The van der Waals surface area contributed by atoms with Crippen LogP contribution in [0.2, 0.25) is 5.02 Å². The van der Waals surface area contributed by atoms with Crippen molar-refractivity contribution in [2.75, 3.05) is 6.26 Å². The number of carbonyl (C=O) groups excluding carboxylic acids is 1. The Morgan fingerprint density at radius 3 is 2.60 bits per heavy atom. The number of hydrogen-bond donors (Lipinski definition) is 2. The zero-order valence-corrected chi connectivity index (χ0v) is 13.2. The summed E-state index contributed by atoms with van der Waals surface area (Å²) in [5.74, 6) is -1.65. The molecule has 0 aliphatic heterocycles. The number of aliphatic carboxylic acids is 1. The zero-order valence-electron chi connectivity index (χ0n) is 11.6. The predicted molar refractivity (Wildman–Crippen MR) is 81.6 cm³/mol. The van der Waals surface area contributed by atoms with E-state index in [-0.39, 0.29) is 5.92 Å². The van der Waals surface area contributed by atoms with Crippen LogP contribution in [0.1, 0.15) is 30.6 Å². The highest BCUT2D eigenvalue weighted by atomic mass is 35.5. The molecule has 1 aromatic rings. The minimum atomic E-state index is -1.04. The van der Waals surface area contributed by atoms with Gasteiger partial charge in [-0.1, -0.05) is 31.9 Å². The van der Waals surface area contributed by atoms with Crippen LogP contribution in [0.5, 0.6) is 0 Å². The van der Waals surface area contributed by atoms with E-state index < -0.39 is 17.9 Å². The summed E-state index contributed by atoms with van der Waals surface area (Å²) in [7, 11) is 0. The van der Waals surface area contributed by atoms with Crippen molar-refractivity contribution in [3.8, 4) is 0 Å². The second kappa shape index (κ2) is 7.55. The molecule has 0 saturated heterocycles. The molecule has 2 N–H and O–H groups in total. The van der Waals surface area contributed by atoms with Gasteiger partial charge in [0, 0.05) is 4.90 Å². The van der Waals surface area contributed by atoms with Crippen molar-refractivity contribution in [3.05, 3.63) is 28.8 Å². The van der Waals surface area contributed by atoms with Gasteiger partial charge in [-0.25, -0.2) is 4.79 Å². The van der Waals surface area contributed by atoms with E-state index in [1.165, 1.54) is 11.8 Å². The van der Waals surface area contributed by atoms with Crippen LogP contribution in [0.15, 0.2) is 23.1 Å². The standard InChI is InChI=1S/C14H18ClNO3S/c1-4-8(2)12(14(18)19)16-13(17)10-7-9(20-3)5-6-11(10)15/h5-8,12H,4H2,1-3H3,(H,16,17)(H,18,19)/t8?,12-/m0/s1. The number of thioether (sulfide) groups is 1. The lowest BCUT2D eigenvalue weighted by Gasteiger charge is -2.20. The van der Waals surface area contributed by atoms with Gasteiger partial charge in [0.05, 0.1) is 10.6 Å². The highest BCUT2D eigenvalue weighted by molar-refractivity contribution is 7.98. The monoisotopic (exact) mass is 315 g/mol. The van der Waals surface area contributed by atoms with Crippen molar-refractivity contribution in [2.24, 2.45) is 5.92 Å². The molecule has 4 nitrogen and oxygen atoms in total. The lowest BCUT2D eigenvalue weighted by molar-refractivity contribution is -0.140. The van der Waals surface area contributed by atoms with Crippen molar-refractivity contribution >= 4 is 35.2 Å². The van der Waals surface area contributed by atoms with E-state index in [4.69, 9.17) is 11.6 Å². The Morgan fingerprint density at radius 2 is 2.10 bits per heavy atom. The molecule has 0 fully saturated rings. The van der Waals surface area contributed by atoms with Crippen LogP contribution in [-0.4, -0.2) is 29.3 Å². The Balaban J connectivity index is 2.97. The van der Waals surface area contributed by atoms with Gasteiger partial charge in [0.15, 0.2) is 0 Å². The van der Waals surface area contributed by atoms with Crippen LogP contribution in [0.4, 0.5) is 0 Å². The smallest absolute Gasteiger partial charge is 0.326 e. The maximum Gasteiger partial charge on any atom is 0.326 e. The number of hydrogen-bond acceptors (Lipinski definition) is 3. The fourth-order valence-corrected chi connectivity index (χ4v) is 2.35. The molecule has 0 radical (unpaired) electrons. The maximum absolute atomic E-state index is 12.2. The Labute approximate surface area is 127 Å². The number of amides is 1. The molecule has 0 spiro atoms. The van der Waals surface area contributed by atoms with E-state index >= 15 is 0 Å². The van der Waals surface area contributed by atoms with Gasteiger partial charge in [0.2, 0.25) is 0 Å². The van der Waals surface area contributed by atoms with Gasteiger partial charge in [0.1, 0.15) is 6.04 Å². The zero-order chi connectivity index (χ0) is 15.3. The van der Waals surface area contributed by atoms with Crippen molar-refractivity contribution in [1.82, 2.24) is 5.32 Å². The Kier molecular flexibility index (Phi) is 6.36. The number of nitrogens with one attached hydrogen (secondary N) is 1. The summed E-state index contributed by atoms with van der Waals surface area (Å²) in [5.41, 5.74) is 0.299. The molecule has 0 bridgehead atoms. The lowest BCUT2D eigenvalue weighted by atomic mass is 9.99. The number of carbonyl (C=O) groups is 2. The molecule has 0 heterocycles. The van der Waals surface area contributed by atoms with Crippen LogP contribution in [0.3, 0.4) is 0 Å². The summed E-state index contributed by atoms with van der Waals surface area (Å²) in [6.07, 6.45) is 2.56. The molecule has 0 aliphatic rings. The SMILES string of the molecule is CCC(C)[C@H](NC(=O)c1cc(SC)ccc1Cl)C(=O)O. The average molecular weight is 316 g/mol. The normalized spacial score (nSPS) is 13.6. The summed E-state index contributed by atoms with van der Waals surface area (Å²) in [6, 6.07) is 4.20. The van der Waals surface area contributed by atoms with E-state index in [2.05, 4.69) is 5.32 Å². The molecular weight excluding hydrogens is 298 g/mol. The third-order valence-corrected chi connectivity index (χ3v) is 4.24. The minimum absolute atomic E-state index is 0.154. The van der Waals surface area contributed by atoms with Crippen molar-refractivity contribution in [1.29, 1.82) is 0 Å². The Morgan fingerprint density at radius 1 is 1.45 bits per heavy atom. The quantitative estimate of drug-likeness (QED) is 0.791. The molecule has 20 heavy (non-hydrogen) atoms. The first-order valence-electron chi connectivity index (χ1n) is 6.27. The molecule has 2 atom stereocenters. The van der Waals surface area contributed by atoms with Crippen LogP contribution < -0.4 is 5.32 Å². The Hall–Kier alpha value is -1.20. The minimum Gasteiger partial charge on any atom is -0.480 e. The van der Waals surface area contributed by atoms with Gasteiger partial charge in [-0.15, -0.1) is 11.8 Å². The van der Waals surface area contributed by atoms with Crippen molar-refractivity contribution in [3.63, 3.8) is 0 Å². The van der Waals surface area contributed by atoms with Gasteiger partial charge < -0.3 is 10.4 Å². The number of rotatable bonds is 6. The molecule has 1 unspecified atom stereocenters. The van der Waals surface area contributed by atoms with E-state index in [0.717, 1.165) is 4.90 Å². The summed E-state index contributed by atoms with van der Waals surface area (Å²) < 4.78 is 0. The average Bonchev–Trinajstić information content (AvgIpc) is 2.43. The summed E-state index contributed by atoms with van der Waals surface area (Å²) in [6.45, 7) is 3.67. The van der Waals surface area contributed by atoms with Gasteiger partial charge in [-0.05, 0) is 30.4 Å². The number of benzene rings is 1. The third kappa shape index (κ3) is 4.15. The van der Waals surface area contributed by atoms with Gasteiger partial charge >= 0.3 is 5.97 Å². The van der Waals surface area contributed by atoms with Crippen LogP contribution in [-0.2, 0) is 4.79 Å². The Bertz CT molecular complexity index is 507. The fourth-order valence-electron chi connectivity index (χ4n) is 1.71. The third-order valence-electron chi connectivity index (χ3n) is 3.18. The molecule has 1 amide bonds. The largest absolute Gasteiger partial charge is 0.480 e. The van der Waals surface area contributed by atoms with Gasteiger partial charge in [0.25, 0.3) is 5.91 Å². The summed E-state index contributed by atoms with van der Waals surface area (Å²) >= 11 is 7.50. The van der Waals surface area contributed by atoms with Crippen LogP contribution in [0.25, 0.3) is 0 Å². The lowest BCUT2D eigenvalue weighted by Crippen LogP contribution is -2.45. The van der Waals surface area contributed by atoms with E-state index in [9.17, 15) is 14.7 Å². The first-order valence-corrected chi connectivity index (χ1v) is 7.88. The van der Waals surface area contributed by atoms with Crippen molar-refractivity contribution < 1.29 is 14.7 Å². The molecule has 0 aromatic heterocycles. The highest BCUT2D eigenvalue weighted by Crippen LogP contribution is 2.23. The first-order chi connectivity index (χ1) is 9.40. The topological polar surface area (TPSA) is 66.4 Å². The number of carboxylic acids is 1. The molecule has 1 aromatic carbocycles. The number of carboxylic acid groups (broad SMARTS) is 1. The highest BCUT2D eigenvalue weighted by Gasteiger charge is 2.26. The summed E-state index contributed by atoms with van der Waals surface area (Å²) in [5, 5.41) is 12.0. The molecule has 1 rings (SSSR count). The first kappa shape index (κ1) is 16.9. The second-order valence-electron chi connectivity index (χ2n) is 4.52. The predicted octanol–water partition coefficient (Wildman–Crippen LogP) is 3.29. The second-order valence-corrected chi connectivity index (χ2v) is 5.81. The molecule has 0 aliphatic carbocycles. The van der Waals surface area contributed by atoms with Crippen molar-refractivity contribution in [2.45, 2.75) is 31.2 Å². The van der Waals surface area contributed by atoms with Gasteiger partial charge in [-0.3, -0.25) is 4.79 Å². The molecule has 0 saturated carbocycles. The van der Waals surface area contributed by atoms with E-state index in [1.54, 1.807) is 19.1 Å². The van der Waals surface area contributed by atoms with Crippen LogP contribution >= 0.6 is 23.4 Å². The van der Waals surface area contributed by atoms with Gasteiger partial charge in [-0.2, -0.15) is 0 Å². The number of halogens is 1.